The maximum absolute atomic E-state index is 9.32. The summed E-state index contributed by atoms with van der Waals surface area (Å²) in [6.07, 6.45) is 2.94. The second kappa shape index (κ2) is 5.23. The van der Waals surface area contributed by atoms with Gasteiger partial charge in [0.1, 0.15) is 12.4 Å². The molecule has 2 rings (SSSR count). The standard InChI is InChI=1S/C14H19NO2/c1-3-12-8-13(14(15-2)9-17-12)10-4-6-11(16)7-5-10/h3-7,13-16H,8-9H2,1-2H3/b12-3+. The first kappa shape index (κ1) is 12.0. The third-order valence-corrected chi connectivity index (χ3v) is 3.37. The van der Waals surface area contributed by atoms with Gasteiger partial charge >= 0.3 is 0 Å². The van der Waals surface area contributed by atoms with Crippen molar-refractivity contribution < 1.29 is 9.84 Å². The first-order valence-electron chi connectivity index (χ1n) is 5.98. The molecule has 3 nitrogen and oxygen atoms in total. The molecule has 0 spiro atoms. The van der Waals surface area contributed by atoms with E-state index in [1.165, 1.54) is 5.56 Å². The monoisotopic (exact) mass is 233 g/mol. The Hall–Kier alpha value is -1.48. The van der Waals surface area contributed by atoms with Crippen LogP contribution >= 0.6 is 0 Å². The van der Waals surface area contributed by atoms with Crippen LogP contribution in [0.15, 0.2) is 36.1 Å². The molecule has 2 atom stereocenters. The highest BCUT2D eigenvalue weighted by molar-refractivity contribution is 5.30. The fourth-order valence-corrected chi connectivity index (χ4v) is 2.29. The van der Waals surface area contributed by atoms with Crippen LogP contribution in [-0.4, -0.2) is 24.8 Å². The van der Waals surface area contributed by atoms with Gasteiger partial charge in [0.2, 0.25) is 0 Å². The maximum Gasteiger partial charge on any atom is 0.115 e. The van der Waals surface area contributed by atoms with E-state index in [2.05, 4.69) is 5.32 Å². The van der Waals surface area contributed by atoms with Gasteiger partial charge in [-0.2, -0.15) is 0 Å². The Morgan fingerprint density at radius 3 is 2.65 bits per heavy atom. The van der Waals surface area contributed by atoms with Gasteiger partial charge in [0, 0.05) is 18.4 Å². The summed E-state index contributed by atoms with van der Waals surface area (Å²) in [7, 11) is 1.96. The van der Waals surface area contributed by atoms with Crippen LogP contribution in [0.3, 0.4) is 0 Å². The Labute approximate surface area is 102 Å². The molecule has 1 aliphatic heterocycles. The minimum Gasteiger partial charge on any atom is -0.508 e. The lowest BCUT2D eigenvalue weighted by atomic mass is 9.86. The van der Waals surface area contributed by atoms with Crippen molar-refractivity contribution in [2.45, 2.75) is 25.3 Å². The van der Waals surface area contributed by atoms with Crippen molar-refractivity contribution in [1.29, 1.82) is 0 Å². The molecule has 2 N–H and O–H groups in total. The average molecular weight is 233 g/mol. The summed E-state index contributed by atoms with van der Waals surface area (Å²) in [5.74, 6) is 1.77. The van der Waals surface area contributed by atoms with Gasteiger partial charge in [0.15, 0.2) is 0 Å². The topological polar surface area (TPSA) is 41.5 Å². The van der Waals surface area contributed by atoms with Crippen molar-refractivity contribution in [2.24, 2.45) is 0 Å². The predicted octanol–water partition coefficient (Wildman–Crippen LogP) is 2.39. The molecule has 0 amide bonds. The maximum atomic E-state index is 9.32. The Balaban J connectivity index is 2.23. The van der Waals surface area contributed by atoms with Gasteiger partial charge in [-0.3, -0.25) is 0 Å². The molecule has 1 aliphatic rings. The van der Waals surface area contributed by atoms with Crippen LogP contribution in [0.4, 0.5) is 0 Å². The van der Waals surface area contributed by atoms with Crippen LogP contribution < -0.4 is 5.32 Å². The van der Waals surface area contributed by atoms with Crippen molar-refractivity contribution in [1.82, 2.24) is 5.32 Å². The van der Waals surface area contributed by atoms with Gasteiger partial charge in [-0.05, 0) is 37.7 Å². The zero-order valence-corrected chi connectivity index (χ0v) is 10.3. The number of phenols is 1. The molecule has 1 aromatic rings. The van der Waals surface area contributed by atoms with Crippen molar-refractivity contribution >= 4 is 0 Å². The molecule has 17 heavy (non-hydrogen) atoms. The van der Waals surface area contributed by atoms with Crippen LogP contribution in [0, 0.1) is 0 Å². The highest BCUT2D eigenvalue weighted by atomic mass is 16.5. The minimum absolute atomic E-state index is 0.313. The second-order valence-electron chi connectivity index (χ2n) is 4.36. The van der Waals surface area contributed by atoms with Gasteiger partial charge in [-0.25, -0.2) is 0 Å². The van der Waals surface area contributed by atoms with E-state index in [4.69, 9.17) is 4.74 Å². The van der Waals surface area contributed by atoms with Crippen molar-refractivity contribution in [3.63, 3.8) is 0 Å². The van der Waals surface area contributed by atoms with Gasteiger partial charge in [-0.1, -0.05) is 12.1 Å². The Bertz CT molecular complexity index is 397. The molecule has 1 saturated heterocycles. The SMILES string of the molecule is C/C=C1\CC(c2ccc(O)cc2)C(NC)CO1. The molecular weight excluding hydrogens is 214 g/mol. The summed E-state index contributed by atoms with van der Waals surface area (Å²) in [6.45, 7) is 2.70. The number of phenolic OH excluding ortho intramolecular Hbond substituents is 1. The number of nitrogens with one attached hydrogen (secondary N) is 1. The van der Waals surface area contributed by atoms with E-state index in [0.29, 0.717) is 24.3 Å². The Morgan fingerprint density at radius 2 is 2.06 bits per heavy atom. The molecule has 0 radical (unpaired) electrons. The van der Waals surface area contributed by atoms with Crippen LogP contribution in [0.25, 0.3) is 0 Å². The van der Waals surface area contributed by atoms with E-state index >= 15 is 0 Å². The van der Waals surface area contributed by atoms with E-state index in [9.17, 15) is 5.11 Å². The summed E-state index contributed by atoms with van der Waals surface area (Å²) in [6, 6.07) is 7.79. The number of aromatic hydroxyl groups is 1. The first-order valence-corrected chi connectivity index (χ1v) is 5.98. The summed E-state index contributed by atoms with van der Waals surface area (Å²) in [5.41, 5.74) is 1.24. The van der Waals surface area contributed by atoms with Gasteiger partial charge in [-0.15, -0.1) is 0 Å². The van der Waals surface area contributed by atoms with E-state index in [-0.39, 0.29) is 0 Å². The third-order valence-electron chi connectivity index (χ3n) is 3.37. The summed E-state index contributed by atoms with van der Waals surface area (Å²) >= 11 is 0. The molecule has 92 valence electrons. The van der Waals surface area contributed by atoms with Gasteiger partial charge in [0.25, 0.3) is 0 Å². The molecule has 0 aliphatic carbocycles. The predicted molar refractivity (Wildman–Crippen MR) is 68.0 cm³/mol. The lowest BCUT2D eigenvalue weighted by molar-refractivity contribution is 0.120. The Morgan fingerprint density at radius 1 is 1.35 bits per heavy atom. The summed E-state index contributed by atoms with van der Waals surface area (Å²) in [5, 5.41) is 12.6. The van der Waals surface area contributed by atoms with E-state index in [0.717, 1.165) is 12.2 Å². The second-order valence-corrected chi connectivity index (χ2v) is 4.36. The van der Waals surface area contributed by atoms with Crippen LogP contribution in [0.1, 0.15) is 24.8 Å². The number of ether oxygens (including phenoxy) is 1. The highest BCUT2D eigenvalue weighted by Gasteiger charge is 2.28. The molecule has 1 fully saturated rings. The van der Waals surface area contributed by atoms with Crippen molar-refractivity contribution in [2.75, 3.05) is 13.7 Å². The number of rotatable bonds is 2. The quantitative estimate of drug-likeness (QED) is 0.824. The van der Waals surface area contributed by atoms with Gasteiger partial charge < -0.3 is 15.2 Å². The van der Waals surface area contributed by atoms with E-state index in [1.807, 2.05) is 32.2 Å². The molecule has 0 bridgehead atoms. The zero-order valence-electron chi connectivity index (χ0n) is 10.3. The van der Waals surface area contributed by atoms with E-state index in [1.54, 1.807) is 12.1 Å². The molecule has 2 unspecified atom stereocenters. The van der Waals surface area contributed by atoms with Crippen molar-refractivity contribution in [3.05, 3.63) is 41.7 Å². The average Bonchev–Trinajstić information content (AvgIpc) is 2.39. The van der Waals surface area contributed by atoms with Gasteiger partial charge in [0.05, 0.1) is 5.76 Å². The number of likely N-dealkylation sites (N-methyl/N-ethyl adjacent to an activating group) is 1. The first-order chi connectivity index (χ1) is 8.24. The fraction of sp³-hybridized carbons (Fsp3) is 0.429. The number of allylic oxidation sites excluding steroid dienone is 2. The Kier molecular flexibility index (Phi) is 3.69. The lowest BCUT2D eigenvalue weighted by Gasteiger charge is -2.33. The van der Waals surface area contributed by atoms with E-state index < -0.39 is 0 Å². The molecule has 0 aromatic heterocycles. The fourth-order valence-electron chi connectivity index (χ4n) is 2.29. The molecular formula is C14H19NO2. The van der Waals surface area contributed by atoms with Crippen LogP contribution in [0.2, 0.25) is 0 Å². The smallest absolute Gasteiger partial charge is 0.115 e. The molecule has 1 heterocycles. The van der Waals surface area contributed by atoms with Crippen molar-refractivity contribution in [3.8, 4) is 5.75 Å². The summed E-state index contributed by atoms with van der Waals surface area (Å²) < 4.78 is 5.66. The summed E-state index contributed by atoms with van der Waals surface area (Å²) in [4.78, 5) is 0. The molecule has 0 saturated carbocycles. The number of benzene rings is 1. The number of hydrogen-bond donors (Lipinski definition) is 2. The van der Waals surface area contributed by atoms with Crippen LogP contribution in [0.5, 0.6) is 5.75 Å². The largest absolute Gasteiger partial charge is 0.508 e. The third kappa shape index (κ3) is 2.61. The van der Waals surface area contributed by atoms with Crippen LogP contribution in [-0.2, 0) is 4.74 Å². The highest BCUT2D eigenvalue weighted by Crippen LogP contribution is 2.32. The number of hydrogen-bond acceptors (Lipinski definition) is 3. The minimum atomic E-state index is 0.313. The molecule has 3 heteroatoms. The lowest BCUT2D eigenvalue weighted by Crippen LogP contribution is -2.39. The normalized spacial score (nSPS) is 26.8. The molecule has 1 aromatic carbocycles. The zero-order chi connectivity index (χ0) is 12.3.